The van der Waals surface area contributed by atoms with Gasteiger partial charge in [-0.3, -0.25) is 9.59 Å². The standard InChI is InChI=1S/C17H20Cl2N2O3/c18-13-8-12(9-14(19)10-13)17(23)21-5-3-20(4-6-21)16(22)11-15-2-1-7-24-15/h8-10,15H,1-7,11H2. The Labute approximate surface area is 151 Å². The predicted octanol–water partition coefficient (Wildman–Crippen LogP) is 2.85. The molecular formula is C17H20Cl2N2O3. The third kappa shape index (κ3) is 4.21. The second-order valence-corrected chi connectivity index (χ2v) is 7.04. The van der Waals surface area contributed by atoms with Gasteiger partial charge in [-0.2, -0.15) is 0 Å². The van der Waals surface area contributed by atoms with Crippen molar-refractivity contribution in [1.82, 2.24) is 9.80 Å². The largest absolute Gasteiger partial charge is 0.378 e. The van der Waals surface area contributed by atoms with E-state index in [1.165, 1.54) is 0 Å². The number of halogens is 2. The van der Waals surface area contributed by atoms with Gasteiger partial charge in [-0.15, -0.1) is 0 Å². The zero-order chi connectivity index (χ0) is 17.1. The lowest BCUT2D eigenvalue weighted by atomic mass is 10.1. The molecule has 0 aliphatic carbocycles. The lowest BCUT2D eigenvalue weighted by Gasteiger charge is -2.35. The first-order valence-electron chi connectivity index (χ1n) is 8.17. The molecule has 24 heavy (non-hydrogen) atoms. The van der Waals surface area contributed by atoms with E-state index in [4.69, 9.17) is 27.9 Å². The molecule has 0 radical (unpaired) electrons. The number of piperazine rings is 1. The second kappa shape index (κ2) is 7.72. The van der Waals surface area contributed by atoms with Gasteiger partial charge >= 0.3 is 0 Å². The number of carbonyl (C=O) groups excluding carboxylic acids is 2. The molecule has 2 saturated heterocycles. The maximum absolute atomic E-state index is 12.5. The Kier molecular flexibility index (Phi) is 5.64. The first-order valence-corrected chi connectivity index (χ1v) is 8.93. The van der Waals surface area contributed by atoms with Crippen LogP contribution >= 0.6 is 23.2 Å². The smallest absolute Gasteiger partial charge is 0.254 e. The van der Waals surface area contributed by atoms with Gasteiger partial charge in [0, 0.05) is 48.4 Å². The highest BCUT2D eigenvalue weighted by Crippen LogP contribution is 2.21. The Bertz CT molecular complexity index is 604. The SMILES string of the molecule is O=C(CC1CCCO1)N1CCN(C(=O)c2cc(Cl)cc(Cl)c2)CC1. The first kappa shape index (κ1) is 17.5. The summed E-state index contributed by atoms with van der Waals surface area (Å²) in [5, 5.41) is 0.882. The van der Waals surface area contributed by atoms with Gasteiger partial charge in [0.15, 0.2) is 0 Å². The van der Waals surface area contributed by atoms with Crippen molar-refractivity contribution in [3.63, 3.8) is 0 Å². The Morgan fingerprint density at radius 3 is 2.25 bits per heavy atom. The fraction of sp³-hybridized carbons (Fsp3) is 0.529. The minimum atomic E-state index is -0.106. The summed E-state index contributed by atoms with van der Waals surface area (Å²) < 4.78 is 5.52. The van der Waals surface area contributed by atoms with Gasteiger partial charge in [-0.05, 0) is 31.0 Å². The van der Waals surface area contributed by atoms with Crippen LogP contribution in [-0.4, -0.2) is 60.5 Å². The number of nitrogens with zero attached hydrogens (tertiary/aromatic N) is 2. The van der Waals surface area contributed by atoms with E-state index in [0.29, 0.717) is 48.2 Å². The fourth-order valence-corrected chi connectivity index (χ4v) is 3.67. The number of carbonyl (C=O) groups is 2. The summed E-state index contributed by atoms with van der Waals surface area (Å²) in [6.45, 7) is 2.88. The zero-order valence-corrected chi connectivity index (χ0v) is 14.9. The number of hydrogen-bond acceptors (Lipinski definition) is 3. The highest BCUT2D eigenvalue weighted by molar-refractivity contribution is 6.35. The van der Waals surface area contributed by atoms with Gasteiger partial charge in [0.05, 0.1) is 12.5 Å². The van der Waals surface area contributed by atoms with Crippen LogP contribution in [-0.2, 0) is 9.53 Å². The zero-order valence-electron chi connectivity index (χ0n) is 13.3. The third-order valence-electron chi connectivity index (χ3n) is 4.46. The highest BCUT2D eigenvalue weighted by atomic mass is 35.5. The molecule has 7 heteroatoms. The Hall–Kier alpha value is -1.30. The van der Waals surface area contributed by atoms with Crippen LogP contribution in [0.5, 0.6) is 0 Å². The van der Waals surface area contributed by atoms with Crippen molar-refractivity contribution in [2.45, 2.75) is 25.4 Å². The van der Waals surface area contributed by atoms with Gasteiger partial charge in [-0.25, -0.2) is 0 Å². The van der Waals surface area contributed by atoms with E-state index in [-0.39, 0.29) is 17.9 Å². The molecule has 2 heterocycles. The first-order chi connectivity index (χ1) is 11.5. The summed E-state index contributed by atoms with van der Waals surface area (Å²) in [5.74, 6) is 0.00502. The van der Waals surface area contributed by atoms with Crippen molar-refractivity contribution in [2.75, 3.05) is 32.8 Å². The summed E-state index contributed by atoms with van der Waals surface area (Å²) in [4.78, 5) is 28.4. The second-order valence-electron chi connectivity index (χ2n) is 6.17. The van der Waals surface area contributed by atoms with Gasteiger partial charge in [0.25, 0.3) is 5.91 Å². The van der Waals surface area contributed by atoms with Crippen LogP contribution in [0.1, 0.15) is 29.6 Å². The normalized spacial score (nSPS) is 21.2. The van der Waals surface area contributed by atoms with Crippen LogP contribution < -0.4 is 0 Å². The molecule has 0 bridgehead atoms. The maximum Gasteiger partial charge on any atom is 0.254 e. The Morgan fingerprint density at radius 1 is 1.04 bits per heavy atom. The van der Waals surface area contributed by atoms with Crippen molar-refractivity contribution in [3.05, 3.63) is 33.8 Å². The topological polar surface area (TPSA) is 49.9 Å². The molecule has 1 unspecified atom stereocenters. The molecule has 1 aromatic rings. The van der Waals surface area contributed by atoms with Crippen molar-refractivity contribution < 1.29 is 14.3 Å². The lowest BCUT2D eigenvalue weighted by Crippen LogP contribution is -2.51. The van der Waals surface area contributed by atoms with E-state index in [9.17, 15) is 9.59 Å². The van der Waals surface area contributed by atoms with Crippen LogP contribution in [0.2, 0.25) is 10.0 Å². The van der Waals surface area contributed by atoms with Crippen molar-refractivity contribution >= 4 is 35.0 Å². The fourth-order valence-electron chi connectivity index (χ4n) is 3.15. The van der Waals surface area contributed by atoms with Crippen LogP contribution in [0.4, 0.5) is 0 Å². The monoisotopic (exact) mass is 370 g/mol. The molecule has 2 aliphatic heterocycles. The van der Waals surface area contributed by atoms with Crippen molar-refractivity contribution in [1.29, 1.82) is 0 Å². The quantitative estimate of drug-likeness (QED) is 0.821. The van der Waals surface area contributed by atoms with E-state index in [1.807, 2.05) is 4.90 Å². The molecule has 1 aromatic carbocycles. The molecule has 3 rings (SSSR count). The van der Waals surface area contributed by atoms with Gasteiger partial charge in [0.2, 0.25) is 5.91 Å². The number of benzene rings is 1. The molecule has 0 aromatic heterocycles. The summed E-state index contributed by atoms with van der Waals surface area (Å²) in [7, 11) is 0. The van der Waals surface area contributed by atoms with Crippen LogP contribution in [0.25, 0.3) is 0 Å². The molecule has 5 nitrogen and oxygen atoms in total. The average Bonchev–Trinajstić information content (AvgIpc) is 3.06. The van der Waals surface area contributed by atoms with Crippen LogP contribution in [0.3, 0.4) is 0 Å². The lowest BCUT2D eigenvalue weighted by molar-refractivity contribution is -0.134. The third-order valence-corrected chi connectivity index (χ3v) is 4.89. The molecule has 1 atom stereocenters. The van der Waals surface area contributed by atoms with E-state index < -0.39 is 0 Å². The number of amides is 2. The van der Waals surface area contributed by atoms with E-state index in [2.05, 4.69) is 0 Å². The maximum atomic E-state index is 12.5. The summed E-state index contributed by atoms with van der Waals surface area (Å²) in [6, 6.07) is 4.83. The Balaban J connectivity index is 1.54. The minimum absolute atomic E-state index is 0.0609. The molecule has 0 spiro atoms. The summed E-state index contributed by atoms with van der Waals surface area (Å²) in [5.41, 5.74) is 0.478. The van der Waals surface area contributed by atoms with Crippen LogP contribution in [0.15, 0.2) is 18.2 Å². The molecule has 0 saturated carbocycles. The van der Waals surface area contributed by atoms with Gasteiger partial charge < -0.3 is 14.5 Å². The Morgan fingerprint density at radius 2 is 1.67 bits per heavy atom. The molecule has 2 amide bonds. The van der Waals surface area contributed by atoms with Gasteiger partial charge in [-0.1, -0.05) is 23.2 Å². The molecule has 2 aliphatic rings. The highest BCUT2D eigenvalue weighted by Gasteiger charge is 2.27. The van der Waals surface area contributed by atoms with Crippen molar-refractivity contribution in [3.8, 4) is 0 Å². The average molecular weight is 371 g/mol. The number of ether oxygens (including phenoxy) is 1. The summed E-state index contributed by atoms with van der Waals surface area (Å²) >= 11 is 11.9. The van der Waals surface area contributed by atoms with E-state index in [1.54, 1.807) is 23.1 Å². The van der Waals surface area contributed by atoms with Crippen LogP contribution in [0, 0.1) is 0 Å². The molecule has 130 valence electrons. The summed E-state index contributed by atoms with van der Waals surface area (Å²) in [6.07, 6.45) is 2.49. The van der Waals surface area contributed by atoms with Crippen molar-refractivity contribution in [2.24, 2.45) is 0 Å². The van der Waals surface area contributed by atoms with Gasteiger partial charge in [0.1, 0.15) is 0 Å². The molecule has 0 N–H and O–H groups in total. The predicted molar refractivity (Wildman–Crippen MR) is 92.5 cm³/mol. The minimum Gasteiger partial charge on any atom is -0.378 e. The molecule has 2 fully saturated rings. The molecular weight excluding hydrogens is 351 g/mol. The number of rotatable bonds is 3. The van der Waals surface area contributed by atoms with E-state index >= 15 is 0 Å². The van der Waals surface area contributed by atoms with E-state index in [0.717, 1.165) is 19.4 Å². The number of hydrogen-bond donors (Lipinski definition) is 0.